The summed E-state index contributed by atoms with van der Waals surface area (Å²) in [5, 5.41) is 2.99. The van der Waals surface area contributed by atoms with Gasteiger partial charge in [0, 0.05) is 7.05 Å². The van der Waals surface area contributed by atoms with E-state index in [4.69, 9.17) is 0 Å². The van der Waals surface area contributed by atoms with Gasteiger partial charge in [0.05, 0.1) is 0 Å². The Bertz CT molecular complexity index is 878. The summed E-state index contributed by atoms with van der Waals surface area (Å²) in [6.07, 6.45) is 2.92. The van der Waals surface area contributed by atoms with E-state index in [9.17, 15) is 4.79 Å². The number of rotatable bonds is 4. The molecule has 4 rings (SSSR count). The zero-order valence-electron chi connectivity index (χ0n) is 15.7. The molecule has 1 atom stereocenters. The van der Waals surface area contributed by atoms with Gasteiger partial charge in [-0.2, -0.15) is 0 Å². The Balaban J connectivity index is 1.92. The molecule has 2 heteroatoms. The molecule has 3 aromatic rings. The lowest BCUT2D eigenvalue weighted by Gasteiger charge is -2.42. The lowest BCUT2D eigenvalue weighted by molar-refractivity contribution is -0.126. The molecule has 0 spiro atoms. The number of nitrogens with one attached hydrogen (secondary N) is 1. The molecule has 0 saturated heterocycles. The molecular weight excluding hydrogens is 330 g/mol. The van der Waals surface area contributed by atoms with Crippen molar-refractivity contribution in [3.63, 3.8) is 0 Å². The molecule has 0 fully saturated rings. The second-order valence-electron chi connectivity index (χ2n) is 7.33. The van der Waals surface area contributed by atoms with Crippen molar-refractivity contribution in [2.45, 2.75) is 24.7 Å². The fourth-order valence-corrected chi connectivity index (χ4v) is 4.75. The van der Waals surface area contributed by atoms with Crippen LogP contribution in [0.4, 0.5) is 0 Å². The maximum absolute atomic E-state index is 13.5. The summed E-state index contributed by atoms with van der Waals surface area (Å²) in [5.74, 6) is 0.279. The molecule has 2 nitrogen and oxygen atoms in total. The van der Waals surface area contributed by atoms with Crippen molar-refractivity contribution < 1.29 is 4.79 Å². The first kappa shape index (κ1) is 17.5. The van der Waals surface area contributed by atoms with Gasteiger partial charge in [-0.3, -0.25) is 4.79 Å². The molecule has 0 saturated carbocycles. The van der Waals surface area contributed by atoms with Crippen molar-refractivity contribution in [1.29, 1.82) is 0 Å². The van der Waals surface area contributed by atoms with Crippen LogP contribution in [-0.4, -0.2) is 13.0 Å². The molecule has 0 aliphatic heterocycles. The minimum absolute atomic E-state index is 0.0734. The van der Waals surface area contributed by atoms with Gasteiger partial charge in [-0.1, -0.05) is 84.9 Å². The van der Waals surface area contributed by atoms with Gasteiger partial charge >= 0.3 is 0 Å². The van der Waals surface area contributed by atoms with Crippen LogP contribution >= 0.6 is 0 Å². The third kappa shape index (κ3) is 2.95. The standard InChI is InChI=1S/C25H25NO/c1-26-24(27)25(21-12-4-2-5-13-21,22-14-6-3-7-15-22)23-17-16-19-10-8-9-11-20(19)18-23/h2-15,23H,16-18H2,1H3,(H,26,27). The van der Waals surface area contributed by atoms with Gasteiger partial charge in [-0.25, -0.2) is 0 Å². The molecule has 1 unspecified atom stereocenters. The maximum Gasteiger partial charge on any atom is 0.235 e. The van der Waals surface area contributed by atoms with Crippen LogP contribution in [0.3, 0.4) is 0 Å². The van der Waals surface area contributed by atoms with E-state index in [1.54, 1.807) is 7.05 Å². The molecule has 0 heterocycles. The zero-order valence-corrected chi connectivity index (χ0v) is 15.7. The zero-order chi connectivity index (χ0) is 18.7. The molecule has 136 valence electrons. The Hall–Kier alpha value is -2.87. The second-order valence-corrected chi connectivity index (χ2v) is 7.33. The van der Waals surface area contributed by atoms with Crippen LogP contribution in [0.15, 0.2) is 84.9 Å². The van der Waals surface area contributed by atoms with Crippen molar-refractivity contribution in [3.8, 4) is 0 Å². The number of aryl methyl sites for hydroxylation is 1. The van der Waals surface area contributed by atoms with E-state index < -0.39 is 5.41 Å². The highest BCUT2D eigenvalue weighted by Crippen LogP contribution is 2.45. The monoisotopic (exact) mass is 355 g/mol. The van der Waals surface area contributed by atoms with E-state index in [1.807, 2.05) is 36.4 Å². The Morgan fingerprint density at radius 1 is 0.815 bits per heavy atom. The predicted octanol–water partition coefficient (Wildman–Crippen LogP) is 4.52. The summed E-state index contributed by atoms with van der Waals surface area (Å²) in [5.41, 5.74) is 4.24. The summed E-state index contributed by atoms with van der Waals surface area (Å²) in [4.78, 5) is 13.5. The number of carbonyl (C=O) groups is 1. The highest BCUT2D eigenvalue weighted by atomic mass is 16.2. The predicted molar refractivity (Wildman–Crippen MR) is 110 cm³/mol. The van der Waals surface area contributed by atoms with Crippen molar-refractivity contribution in [3.05, 3.63) is 107 Å². The highest BCUT2D eigenvalue weighted by Gasteiger charge is 2.48. The van der Waals surface area contributed by atoms with Gasteiger partial charge in [0.1, 0.15) is 5.41 Å². The van der Waals surface area contributed by atoms with Crippen LogP contribution in [0.1, 0.15) is 28.7 Å². The SMILES string of the molecule is CNC(=O)C(c1ccccc1)(c1ccccc1)C1CCc2ccccc2C1. The van der Waals surface area contributed by atoms with Gasteiger partial charge in [0.2, 0.25) is 5.91 Å². The molecule has 1 aliphatic carbocycles. The third-order valence-corrected chi connectivity index (χ3v) is 6.00. The lowest BCUT2D eigenvalue weighted by Crippen LogP contribution is -2.51. The molecule has 1 amide bonds. The van der Waals surface area contributed by atoms with Crippen LogP contribution < -0.4 is 5.32 Å². The Labute approximate surface area is 161 Å². The van der Waals surface area contributed by atoms with E-state index in [0.717, 1.165) is 30.4 Å². The minimum atomic E-state index is -0.690. The number of carbonyl (C=O) groups excluding carboxylic acids is 1. The third-order valence-electron chi connectivity index (χ3n) is 6.00. The largest absolute Gasteiger partial charge is 0.358 e. The molecule has 0 aromatic heterocycles. The van der Waals surface area contributed by atoms with Crippen LogP contribution in [0.25, 0.3) is 0 Å². The topological polar surface area (TPSA) is 29.1 Å². The molecule has 3 aromatic carbocycles. The summed E-state index contributed by atoms with van der Waals surface area (Å²) in [6, 6.07) is 29.2. The average molecular weight is 355 g/mol. The fraction of sp³-hybridized carbons (Fsp3) is 0.240. The Morgan fingerprint density at radius 2 is 1.33 bits per heavy atom. The Morgan fingerprint density at radius 3 is 1.89 bits per heavy atom. The molecule has 0 radical (unpaired) electrons. The van der Waals surface area contributed by atoms with E-state index in [-0.39, 0.29) is 11.8 Å². The molecule has 1 N–H and O–H groups in total. The van der Waals surface area contributed by atoms with Crippen molar-refractivity contribution in [2.75, 3.05) is 7.05 Å². The van der Waals surface area contributed by atoms with Gasteiger partial charge in [-0.15, -0.1) is 0 Å². The number of hydrogen-bond acceptors (Lipinski definition) is 1. The number of benzene rings is 3. The van der Waals surface area contributed by atoms with Crippen LogP contribution in [0.5, 0.6) is 0 Å². The number of amides is 1. The van der Waals surface area contributed by atoms with E-state index in [0.29, 0.717) is 0 Å². The Kier molecular flexibility index (Phi) is 4.81. The summed E-state index contributed by atoms with van der Waals surface area (Å²) in [7, 11) is 1.75. The van der Waals surface area contributed by atoms with Gasteiger partial charge < -0.3 is 5.32 Å². The first-order chi connectivity index (χ1) is 13.3. The van der Waals surface area contributed by atoms with E-state index in [2.05, 4.69) is 53.8 Å². The van der Waals surface area contributed by atoms with Gasteiger partial charge in [0.25, 0.3) is 0 Å². The second kappa shape index (κ2) is 7.40. The van der Waals surface area contributed by atoms with E-state index >= 15 is 0 Å². The summed E-state index contributed by atoms with van der Waals surface area (Å²) in [6.45, 7) is 0. The van der Waals surface area contributed by atoms with Crippen LogP contribution in [0.2, 0.25) is 0 Å². The maximum atomic E-state index is 13.5. The fourth-order valence-electron chi connectivity index (χ4n) is 4.75. The number of likely N-dealkylation sites (N-methyl/N-ethyl adjacent to an activating group) is 1. The van der Waals surface area contributed by atoms with Crippen molar-refractivity contribution in [1.82, 2.24) is 5.32 Å². The average Bonchev–Trinajstić information content (AvgIpc) is 2.75. The summed E-state index contributed by atoms with van der Waals surface area (Å²) >= 11 is 0. The van der Waals surface area contributed by atoms with Gasteiger partial charge in [-0.05, 0) is 47.4 Å². The quantitative estimate of drug-likeness (QED) is 0.732. The van der Waals surface area contributed by atoms with E-state index in [1.165, 1.54) is 11.1 Å². The van der Waals surface area contributed by atoms with Crippen LogP contribution in [-0.2, 0) is 23.1 Å². The number of hydrogen-bond donors (Lipinski definition) is 1. The minimum Gasteiger partial charge on any atom is -0.358 e. The van der Waals surface area contributed by atoms with Crippen molar-refractivity contribution in [2.24, 2.45) is 5.92 Å². The van der Waals surface area contributed by atoms with Crippen LogP contribution in [0, 0.1) is 5.92 Å². The van der Waals surface area contributed by atoms with Crippen molar-refractivity contribution >= 4 is 5.91 Å². The lowest BCUT2D eigenvalue weighted by atomic mass is 9.60. The van der Waals surface area contributed by atoms with Gasteiger partial charge in [0.15, 0.2) is 0 Å². The molecule has 0 bridgehead atoms. The first-order valence-corrected chi connectivity index (χ1v) is 9.67. The normalized spacial score (nSPS) is 16.4. The number of fused-ring (bicyclic) bond motifs is 1. The highest BCUT2D eigenvalue weighted by molar-refractivity contribution is 5.92. The smallest absolute Gasteiger partial charge is 0.235 e. The molecular formula is C25H25NO. The molecule has 1 aliphatic rings. The summed E-state index contributed by atoms with van der Waals surface area (Å²) < 4.78 is 0. The molecule has 27 heavy (non-hydrogen) atoms. The first-order valence-electron chi connectivity index (χ1n) is 9.67.